The summed E-state index contributed by atoms with van der Waals surface area (Å²) in [5, 5.41) is 2.97. The molecule has 2 nitrogen and oxygen atoms in total. The van der Waals surface area contributed by atoms with E-state index >= 15 is 0 Å². The monoisotopic (exact) mass is 363 g/mol. The van der Waals surface area contributed by atoms with Crippen molar-refractivity contribution in [2.75, 3.05) is 5.32 Å². The van der Waals surface area contributed by atoms with Crippen LogP contribution in [0.15, 0.2) is 42.5 Å². The van der Waals surface area contributed by atoms with Crippen molar-refractivity contribution in [2.24, 2.45) is 0 Å². The summed E-state index contributed by atoms with van der Waals surface area (Å²) in [4.78, 5) is 12.5. The Morgan fingerprint density at radius 1 is 0.923 bits per heavy atom. The fraction of sp³-hybridized carbons (Fsp3) is 0.381. The van der Waals surface area contributed by atoms with Gasteiger partial charge in [-0.2, -0.15) is 13.2 Å². The molecule has 1 N–H and O–H groups in total. The summed E-state index contributed by atoms with van der Waals surface area (Å²) in [6, 6.07) is 10.7. The van der Waals surface area contributed by atoms with E-state index in [0.717, 1.165) is 28.9 Å². The topological polar surface area (TPSA) is 29.1 Å². The zero-order chi connectivity index (χ0) is 19.5. The van der Waals surface area contributed by atoms with Gasteiger partial charge in [0.1, 0.15) is 0 Å². The molecule has 0 bridgehead atoms. The van der Waals surface area contributed by atoms with Crippen molar-refractivity contribution in [1.29, 1.82) is 0 Å². The highest BCUT2D eigenvalue weighted by Crippen LogP contribution is 2.33. The molecule has 0 radical (unpaired) electrons. The molecule has 5 heteroatoms. The standard InChI is InChI=1S/C21H24F3NO/c1-13(2)17-6-5-7-18(14(3)4)20(17)25-19(26)12-15-8-10-16(11-9-15)21(22,23)24/h5-11,13-14H,12H2,1-4H3,(H,25,26). The normalized spacial score (nSPS) is 11.9. The third kappa shape index (κ3) is 4.87. The highest BCUT2D eigenvalue weighted by molar-refractivity contribution is 5.94. The Kier molecular flexibility index (Phi) is 6.11. The molecule has 2 aromatic rings. The first-order chi connectivity index (χ1) is 12.1. The molecular formula is C21H24F3NO. The molecule has 0 atom stereocenters. The first kappa shape index (κ1) is 20.0. The Labute approximate surface area is 152 Å². The second kappa shape index (κ2) is 7.94. The van der Waals surface area contributed by atoms with Crippen LogP contribution in [0, 0.1) is 0 Å². The minimum atomic E-state index is -4.37. The number of anilines is 1. The molecule has 0 saturated carbocycles. The summed E-state index contributed by atoms with van der Waals surface area (Å²) < 4.78 is 37.9. The van der Waals surface area contributed by atoms with E-state index in [0.29, 0.717) is 5.56 Å². The fourth-order valence-corrected chi connectivity index (χ4v) is 2.88. The molecule has 0 aromatic heterocycles. The van der Waals surface area contributed by atoms with Gasteiger partial charge in [0.15, 0.2) is 0 Å². The number of amides is 1. The first-order valence-electron chi connectivity index (χ1n) is 8.68. The molecule has 0 saturated heterocycles. The number of halogens is 3. The number of benzene rings is 2. The second-order valence-electron chi connectivity index (χ2n) is 7.04. The van der Waals surface area contributed by atoms with Crippen LogP contribution in [0.5, 0.6) is 0 Å². The van der Waals surface area contributed by atoms with E-state index < -0.39 is 11.7 Å². The van der Waals surface area contributed by atoms with Crippen molar-refractivity contribution in [3.8, 4) is 0 Å². The van der Waals surface area contributed by atoms with Crippen molar-refractivity contribution in [3.63, 3.8) is 0 Å². The largest absolute Gasteiger partial charge is 0.416 e. The van der Waals surface area contributed by atoms with Crippen molar-refractivity contribution in [1.82, 2.24) is 0 Å². The number of para-hydroxylation sites is 1. The zero-order valence-electron chi connectivity index (χ0n) is 15.4. The van der Waals surface area contributed by atoms with E-state index in [1.54, 1.807) is 0 Å². The first-order valence-corrected chi connectivity index (χ1v) is 8.68. The van der Waals surface area contributed by atoms with Gasteiger partial charge in [-0.3, -0.25) is 4.79 Å². The maximum absolute atomic E-state index is 12.6. The maximum atomic E-state index is 12.6. The third-order valence-electron chi connectivity index (χ3n) is 4.28. The minimum Gasteiger partial charge on any atom is -0.325 e. The Hall–Kier alpha value is -2.30. The number of carbonyl (C=O) groups excluding carboxylic acids is 1. The summed E-state index contributed by atoms with van der Waals surface area (Å²) in [5.74, 6) is 0.255. The molecular weight excluding hydrogens is 339 g/mol. The Morgan fingerprint density at radius 2 is 1.42 bits per heavy atom. The lowest BCUT2D eigenvalue weighted by atomic mass is 9.92. The van der Waals surface area contributed by atoms with Crippen LogP contribution in [0.2, 0.25) is 0 Å². The Morgan fingerprint density at radius 3 is 1.85 bits per heavy atom. The average Bonchev–Trinajstić information content (AvgIpc) is 2.54. The molecule has 140 valence electrons. The summed E-state index contributed by atoms with van der Waals surface area (Å²) in [5.41, 5.74) is 2.75. The molecule has 0 aliphatic heterocycles. The van der Waals surface area contributed by atoms with Gasteiger partial charge in [0.05, 0.1) is 12.0 Å². The lowest BCUT2D eigenvalue weighted by Gasteiger charge is -2.20. The average molecular weight is 363 g/mol. The minimum absolute atomic E-state index is 0.0299. The summed E-state index contributed by atoms with van der Waals surface area (Å²) in [7, 11) is 0. The van der Waals surface area contributed by atoms with Gasteiger partial charge in [-0.05, 0) is 40.7 Å². The summed E-state index contributed by atoms with van der Waals surface area (Å²) in [6.07, 6.45) is -4.34. The molecule has 2 aromatic carbocycles. The third-order valence-corrected chi connectivity index (χ3v) is 4.28. The van der Waals surface area contributed by atoms with E-state index in [1.165, 1.54) is 12.1 Å². The smallest absolute Gasteiger partial charge is 0.325 e. The van der Waals surface area contributed by atoms with Crippen LogP contribution in [0.1, 0.15) is 61.8 Å². The van der Waals surface area contributed by atoms with Crippen LogP contribution in [0.25, 0.3) is 0 Å². The van der Waals surface area contributed by atoms with Crippen molar-refractivity contribution >= 4 is 11.6 Å². The molecule has 0 fully saturated rings. The predicted molar refractivity (Wildman–Crippen MR) is 98.4 cm³/mol. The molecule has 1 amide bonds. The number of nitrogens with one attached hydrogen (secondary N) is 1. The van der Waals surface area contributed by atoms with E-state index in [9.17, 15) is 18.0 Å². The van der Waals surface area contributed by atoms with Crippen LogP contribution in [-0.2, 0) is 17.4 Å². The zero-order valence-corrected chi connectivity index (χ0v) is 15.4. The van der Waals surface area contributed by atoms with Crippen molar-refractivity contribution < 1.29 is 18.0 Å². The number of alkyl halides is 3. The lowest BCUT2D eigenvalue weighted by molar-refractivity contribution is -0.137. The van der Waals surface area contributed by atoms with Crippen LogP contribution in [0.3, 0.4) is 0 Å². The van der Waals surface area contributed by atoms with Gasteiger partial charge in [-0.15, -0.1) is 0 Å². The Balaban J connectivity index is 2.20. The highest BCUT2D eigenvalue weighted by atomic mass is 19.4. The molecule has 0 aliphatic rings. The fourth-order valence-electron chi connectivity index (χ4n) is 2.88. The molecule has 2 rings (SSSR count). The van der Waals surface area contributed by atoms with Crippen LogP contribution in [-0.4, -0.2) is 5.91 Å². The van der Waals surface area contributed by atoms with Crippen molar-refractivity contribution in [3.05, 3.63) is 64.7 Å². The van der Waals surface area contributed by atoms with Crippen molar-refractivity contribution in [2.45, 2.75) is 52.1 Å². The molecule has 0 unspecified atom stereocenters. The SMILES string of the molecule is CC(C)c1cccc(C(C)C)c1NC(=O)Cc1ccc(C(F)(F)F)cc1. The maximum Gasteiger partial charge on any atom is 0.416 e. The molecule has 26 heavy (non-hydrogen) atoms. The predicted octanol–water partition coefficient (Wildman–Crippen LogP) is 6.13. The number of hydrogen-bond donors (Lipinski definition) is 1. The molecule has 0 aliphatic carbocycles. The van der Waals surface area contributed by atoms with Gasteiger partial charge in [-0.25, -0.2) is 0 Å². The van der Waals surface area contributed by atoms with Gasteiger partial charge >= 0.3 is 6.18 Å². The summed E-state index contributed by atoms with van der Waals surface area (Å²) in [6.45, 7) is 8.24. The van der Waals surface area contributed by atoms with E-state index in [-0.39, 0.29) is 24.2 Å². The van der Waals surface area contributed by atoms with Gasteiger partial charge in [-0.1, -0.05) is 58.0 Å². The van der Waals surface area contributed by atoms with Gasteiger partial charge in [0.25, 0.3) is 0 Å². The Bertz CT molecular complexity index is 736. The second-order valence-corrected chi connectivity index (χ2v) is 7.04. The quantitative estimate of drug-likeness (QED) is 0.680. The number of carbonyl (C=O) groups is 1. The number of rotatable bonds is 5. The van der Waals surface area contributed by atoms with Crippen LogP contribution >= 0.6 is 0 Å². The van der Waals surface area contributed by atoms with E-state index in [1.807, 2.05) is 18.2 Å². The lowest BCUT2D eigenvalue weighted by Crippen LogP contribution is -2.18. The molecule has 0 heterocycles. The molecule has 0 spiro atoms. The highest BCUT2D eigenvalue weighted by Gasteiger charge is 2.30. The van der Waals surface area contributed by atoms with Crippen LogP contribution < -0.4 is 5.32 Å². The van der Waals surface area contributed by atoms with E-state index in [2.05, 4.69) is 33.0 Å². The van der Waals surface area contributed by atoms with Gasteiger partial charge in [0, 0.05) is 5.69 Å². The number of hydrogen-bond acceptors (Lipinski definition) is 1. The van der Waals surface area contributed by atoms with Crippen LogP contribution in [0.4, 0.5) is 18.9 Å². The summed E-state index contributed by atoms with van der Waals surface area (Å²) >= 11 is 0. The van der Waals surface area contributed by atoms with E-state index in [4.69, 9.17) is 0 Å². The van der Waals surface area contributed by atoms with Gasteiger partial charge < -0.3 is 5.32 Å². The van der Waals surface area contributed by atoms with Gasteiger partial charge in [0.2, 0.25) is 5.91 Å².